The number of halogens is 1. The fourth-order valence-electron chi connectivity index (χ4n) is 3.79. The van der Waals surface area contributed by atoms with Gasteiger partial charge in [0.05, 0.1) is 18.2 Å². The minimum atomic E-state index is -1.13. The van der Waals surface area contributed by atoms with Crippen molar-refractivity contribution < 1.29 is 28.3 Å². The van der Waals surface area contributed by atoms with Crippen molar-refractivity contribution in [3.05, 3.63) is 75.9 Å². The summed E-state index contributed by atoms with van der Waals surface area (Å²) in [7, 11) is 1.22. The Hall–Kier alpha value is -3.85. The van der Waals surface area contributed by atoms with Crippen LogP contribution in [0.25, 0.3) is 11.1 Å². The number of benzene rings is 2. The third kappa shape index (κ3) is 3.80. The van der Waals surface area contributed by atoms with Crippen LogP contribution >= 0.6 is 11.3 Å². The van der Waals surface area contributed by atoms with Gasteiger partial charge in [-0.05, 0) is 43.7 Å². The van der Waals surface area contributed by atoms with Crippen LogP contribution in [0.4, 0.5) is 9.39 Å². The van der Waals surface area contributed by atoms with E-state index in [0.717, 1.165) is 16.2 Å². The number of hydrogen-bond donors (Lipinski definition) is 1. The van der Waals surface area contributed by atoms with Crippen LogP contribution in [-0.2, 0) is 9.53 Å². The molecule has 0 saturated heterocycles. The number of nitrogens with one attached hydrogen (secondary N) is 1. The minimum absolute atomic E-state index is 0.120. The fourth-order valence-corrected chi connectivity index (χ4v) is 4.85. The van der Waals surface area contributed by atoms with Gasteiger partial charge >= 0.3 is 5.97 Å². The second-order valence-corrected chi connectivity index (χ2v) is 8.65. The van der Waals surface area contributed by atoms with Crippen LogP contribution in [0, 0.1) is 12.7 Å². The number of hydrogen-bond acceptors (Lipinski definition) is 6. The Morgan fingerprint density at radius 1 is 1.03 bits per heavy atom. The molecule has 0 fully saturated rings. The molecule has 1 unspecified atom stereocenters. The van der Waals surface area contributed by atoms with E-state index in [1.165, 1.54) is 50.4 Å². The third-order valence-electron chi connectivity index (χ3n) is 5.44. The Morgan fingerprint density at radius 3 is 2.15 bits per heavy atom. The highest BCUT2D eigenvalue weighted by atomic mass is 32.1. The van der Waals surface area contributed by atoms with Gasteiger partial charge < -0.3 is 10.1 Å². The number of anilines is 1. The fraction of sp³-hybridized carbons (Fsp3) is 0.167. The molecule has 168 valence electrons. The van der Waals surface area contributed by atoms with Crippen molar-refractivity contribution in [2.75, 3.05) is 12.4 Å². The van der Waals surface area contributed by atoms with Crippen molar-refractivity contribution in [1.29, 1.82) is 0 Å². The first kappa shape index (κ1) is 22.3. The van der Waals surface area contributed by atoms with Gasteiger partial charge in [-0.3, -0.25) is 19.3 Å². The van der Waals surface area contributed by atoms with E-state index in [-0.39, 0.29) is 21.7 Å². The maximum atomic E-state index is 13.4. The Labute approximate surface area is 192 Å². The van der Waals surface area contributed by atoms with Gasteiger partial charge in [0, 0.05) is 10.4 Å². The lowest BCUT2D eigenvalue weighted by atomic mass is 10.0. The summed E-state index contributed by atoms with van der Waals surface area (Å²) in [6, 6.07) is 10.8. The molecule has 0 spiro atoms. The molecule has 33 heavy (non-hydrogen) atoms. The van der Waals surface area contributed by atoms with Crippen molar-refractivity contribution in [3.63, 3.8) is 0 Å². The summed E-state index contributed by atoms with van der Waals surface area (Å²) in [6.07, 6.45) is 0. The number of imide groups is 1. The smallest absolute Gasteiger partial charge is 0.341 e. The standard InChI is InChI=1S/C24H19FN2O5S/c1-12(27-22(29)16-6-4-5-7-17(16)23(27)30)20(28)26-21-19(24(31)32-3)18(13(2)33-21)14-8-10-15(25)11-9-14/h4-12H,1-3H3,(H,26,28). The van der Waals surface area contributed by atoms with E-state index in [9.17, 15) is 23.6 Å². The van der Waals surface area contributed by atoms with Gasteiger partial charge in [0.1, 0.15) is 22.4 Å². The van der Waals surface area contributed by atoms with Gasteiger partial charge in [0.15, 0.2) is 0 Å². The molecule has 1 aliphatic heterocycles. The number of fused-ring (bicyclic) bond motifs is 1. The second-order valence-electron chi connectivity index (χ2n) is 7.43. The number of thiophene rings is 1. The van der Waals surface area contributed by atoms with Crippen LogP contribution in [-0.4, -0.2) is 41.7 Å². The molecule has 9 heteroatoms. The number of esters is 1. The minimum Gasteiger partial charge on any atom is -0.465 e. The molecule has 0 radical (unpaired) electrons. The lowest BCUT2D eigenvalue weighted by Gasteiger charge is -2.21. The van der Waals surface area contributed by atoms with Crippen molar-refractivity contribution >= 4 is 40.0 Å². The van der Waals surface area contributed by atoms with Crippen LogP contribution in [0.5, 0.6) is 0 Å². The van der Waals surface area contributed by atoms with Crippen molar-refractivity contribution in [2.45, 2.75) is 19.9 Å². The van der Waals surface area contributed by atoms with Gasteiger partial charge in [-0.1, -0.05) is 24.3 Å². The van der Waals surface area contributed by atoms with Crippen LogP contribution in [0.1, 0.15) is 42.9 Å². The summed E-state index contributed by atoms with van der Waals surface area (Å²) in [5, 5.41) is 2.89. The van der Waals surface area contributed by atoms with E-state index < -0.39 is 35.5 Å². The molecule has 4 rings (SSSR count). The Kier molecular flexibility index (Phi) is 5.82. The number of methoxy groups -OCH3 is 1. The summed E-state index contributed by atoms with van der Waals surface area (Å²) in [5.74, 6) is -2.85. The SMILES string of the molecule is COC(=O)c1c(NC(=O)C(C)N2C(=O)c3ccccc3C2=O)sc(C)c1-c1ccc(F)cc1. The maximum absolute atomic E-state index is 13.4. The lowest BCUT2D eigenvalue weighted by Crippen LogP contribution is -2.45. The molecule has 2 aromatic carbocycles. The van der Waals surface area contributed by atoms with E-state index in [1.54, 1.807) is 19.1 Å². The molecule has 2 heterocycles. The van der Waals surface area contributed by atoms with E-state index in [1.807, 2.05) is 0 Å². The molecule has 0 saturated carbocycles. The number of amides is 3. The first-order valence-corrected chi connectivity index (χ1v) is 10.8. The zero-order valence-electron chi connectivity index (χ0n) is 18.0. The molecule has 1 atom stereocenters. The average Bonchev–Trinajstić information content (AvgIpc) is 3.26. The zero-order valence-corrected chi connectivity index (χ0v) is 18.8. The number of carbonyl (C=O) groups is 4. The van der Waals surface area contributed by atoms with Crippen LogP contribution in [0.15, 0.2) is 48.5 Å². The molecule has 1 N–H and O–H groups in total. The zero-order chi connectivity index (χ0) is 23.9. The van der Waals surface area contributed by atoms with Gasteiger partial charge in [0.2, 0.25) is 5.91 Å². The van der Waals surface area contributed by atoms with E-state index in [0.29, 0.717) is 16.0 Å². The van der Waals surface area contributed by atoms with Crippen molar-refractivity contribution in [2.24, 2.45) is 0 Å². The van der Waals surface area contributed by atoms with Crippen LogP contribution in [0.2, 0.25) is 0 Å². The Bertz CT molecular complexity index is 1260. The molecule has 7 nitrogen and oxygen atoms in total. The summed E-state index contributed by atoms with van der Waals surface area (Å²) < 4.78 is 18.3. The predicted molar refractivity (Wildman–Crippen MR) is 121 cm³/mol. The highest BCUT2D eigenvalue weighted by molar-refractivity contribution is 7.17. The summed E-state index contributed by atoms with van der Waals surface area (Å²) in [5.41, 5.74) is 1.69. The molecule has 1 aliphatic rings. The predicted octanol–water partition coefficient (Wildman–Crippen LogP) is 4.27. The van der Waals surface area contributed by atoms with E-state index in [4.69, 9.17) is 4.74 Å². The number of aryl methyl sites for hydroxylation is 1. The average molecular weight is 466 g/mol. The third-order valence-corrected chi connectivity index (χ3v) is 6.46. The van der Waals surface area contributed by atoms with Crippen LogP contribution < -0.4 is 5.32 Å². The normalized spacial score (nSPS) is 13.6. The first-order chi connectivity index (χ1) is 15.7. The Morgan fingerprint density at radius 2 is 1.61 bits per heavy atom. The molecule has 3 amide bonds. The molecule has 0 bridgehead atoms. The quantitative estimate of drug-likeness (QED) is 0.448. The van der Waals surface area contributed by atoms with Gasteiger partial charge in [-0.25, -0.2) is 9.18 Å². The lowest BCUT2D eigenvalue weighted by molar-refractivity contribution is -0.119. The van der Waals surface area contributed by atoms with Gasteiger partial charge in [-0.2, -0.15) is 0 Å². The largest absolute Gasteiger partial charge is 0.465 e. The van der Waals surface area contributed by atoms with Gasteiger partial charge in [-0.15, -0.1) is 11.3 Å². The van der Waals surface area contributed by atoms with Crippen LogP contribution in [0.3, 0.4) is 0 Å². The van der Waals surface area contributed by atoms with Crippen molar-refractivity contribution in [1.82, 2.24) is 4.90 Å². The number of carbonyl (C=O) groups excluding carboxylic acids is 4. The number of nitrogens with zero attached hydrogens (tertiary/aromatic N) is 1. The summed E-state index contributed by atoms with van der Waals surface area (Å²) in [6.45, 7) is 3.20. The highest BCUT2D eigenvalue weighted by Gasteiger charge is 2.41. The summed E-state index contributed by atoms with van der Waals surface area (Å²) in [4.78, 5) is 52.7. The molecule has 0 aliphatic carbocycles. The van der Waals surface area contributed by atoms with E-state index in [2.05, 4.69) is 5.32 Å². The molecular weight excluding hydrogens is 447 g/mol. The number of rotatable bonds is 5. The number of ether oxygens (including phenoxy) is 1. The monoisotopic (exact) mass is 466 g/mol. The maximum Gasteiger partial charge on any atom is 0.341 e. The first-order valence-electron chi connectivity index (χ1n) is 10.00. The van der Waals surface area contributed by atoms with E-state index >= 15 is 0 Å². The van der Waals surface area contributed by atoms with Gasteiger partial charge in [0.25, 0.3) is 11.8 Å². The second kappa shape index (κ2) is 8.59. The topological polar surface area (TPSA) is 92.8 Å². The molecular formula is C24H19FN2O5S. The van der Waals surface area contributed by atoms with Crippen molar-refractivity contribution in [3.8, 4) is 11.1 Å². The Balaban J connectivity index is 1.67. The molecule has 3 aromatic rings. The highest BCUT2D eigenvalue weighted by Crippen LogP contribution is 2.40. The molecule has 1 aromatic heterocycles. The summed E-state index contributed by atoms with van der Waals surface area (Å²) >= 11 is 1.15.